The van der Waals surface area contributed by atoms with Crippen LogP contribution in [0.4, 0.5) is 0 Å². The lowest BCUT2D eigenvalue weighted by molar-refractivity contribution is 0.654. The third kappa shape index (κ3) is 4.33. The van der Waals surface area contributed by atoms with Gasteiger partial charge in [-0.15, -0.1) is 0 Å². The Morgan fingerprint density at radius 3 is 1.95 bits per heavy atom. The monoisotopic (exact) mass is 520 g/mol. The molecule has 39 heavy (non-hydrogen) atoms. The Labute approximate surface area is 228 Å². The highest BCUT2D eigenvalue weighted by Crippen LogP contribution is 2.33. The van der Waals surface area contributed by atoms with Gasteiger partial charge in [-0.05, 0) is 64.2 Å². The zero-order chi connectivity index (χ0) is 26.6. The molecule has 3 heterocycles. The third-order valence-electron chi connectivity index (χ3n) is 7.57. The van der Waals surface area contributed by atoms with Gasteiger partial charge in [0.2, 0.25) is 5.71 Å². The first-order valence-corrected chi connectivity index (χ1v) is 16.8. The van der Waals surface area contributed by atoms with Crippen molar-refractivity contribution in [2.75, 3.05) is 0 Å². The second-order valence-electron chi connectivity index (χ2n) is 11.2. The molecule has 4 heteroatoms. The van der Waals surface area contributed by atoms with E-state index in [1.165, 1.54) is 16.3 Å². The van der Waals surface area contributed by atoms with E-state index in [0.717, 1.165) is 49.5 Å². The van der Waals surface area contributed by atoms with E-state index < -0.39 is 8.07 Å². The smallest absolute Gasteiger partial charge is 0.227 e. The fourth-order valence-electron chi connectivity index (χ4n) is 5.27. The molecule has 0 aliphatic rings. The average Bonchev–Trinajstić information content (AvgIpc) is 3.34. The minimum absolute atomic E-state index is 0.677. The fourth-order valence-corrected chi connectivity index (χ4v) is 6.43. The summed E-state index contributed by atoms with van der Waals surface area (Å²) in [6.45, 7) is 7.14. The van der Waals surface area contributed by atoms with E-state index >= 15 is 0 Å². The van der Waals surface area contributed by atoms with Crippen molar-refractivity contribution < 1.29 is 4.42 Å². The molecule has 0 aliphatic carbocycles. The standard InChI is InChI=1S/C35H28N2OSi/c1-39(2,3)30-15-12-24(13-16-30)27-10-11-28-19-29(22-37-33(28)21-27)25-8-6-23(7-9-25)26-14-17-34-32(20-26)31-5-4-18-36-35(31)38-34/h4-22H,1-3H3. The van der Waals surface area contributed by atoms with Gasteiger partial charge in [-0.1, -0.05) is 91.6 Å². The van der Waals surface area contributed by atoms with Gasteiger partial charge in [0.05, 0.1) is 13.6 Å². The first kappa shape index (κ1) is 23.6. The van der Waals surface area contributed by atoms with Crippen molar-refractivity contribution in [3.63, 3.8) is 0 Å². The molecular formula is C35H28N2OSi. The molecule has 3 aromatic heterocycles. The lowest BCUT2D eigenvalue weighted by atomic mass is 9.98. The molecule has 0 spiro atoms. The quantitative estimate of drug-likeness (QED) is 0.217. The van der Waals surface area contributed by atoms with E-state index in [9.17, 15) is 0 Å². The van der Waals surface area contributed by atoms with Crippen LogP contribution >= 0.6 is 0 Å². The van der Waals surface area contributed by atoms with E-state index in [1.54, 1.807) is 6.20 Å². The molecule has 0 radical (unpaired) electrons. The van der Waals surface area contributed by atoms with Crippen LogP contribution in [0.15, 0.2) is 120 Å². The topological polar surface area (TPSA) is 38.9 Å². The SMILES string of the molecule is C[Si](C)(C)c1ccc(-c2ccc3cc(-c4ccc(-c5ccc6oc7ncccc7c6c5)cc4)cnc3c2)cc1. The van der Waals surface area contributed by atoms with Crippen LogP contribution in [0.2, 0.25) is 19.6 Å². The van der Waals surface area contributed by atoms with E-state index in [4.69, 9.17) is 9.40 Å². The van der Waals surface area contributed by atoms with Crippen LogP contribution in [0.1, 0.15) is 0 Å². The van der Waals surface area contributed by atoms with Crippen LogP contribution in [0.3, 0.4) is 0 Å². The molecule has 188 valence electrons. The number of hydrogen-bond donors (Lipinski definition) is 0. The molecule has 0 saturated heterocycles. The maximum atomic E-state index is 5.89. The summed E-state index contributed by atoms with van der Waals surface area (Å²) >= 11 is 0. The normalized spacial score (nSPS) is 12.0. The Morgan fingerprint density at radius 2 is 1.21 bits per heavy atom. The number of fused-ring (bicyclic) bond motifs is 4. The number of nitrogens with zero attached hydrogens (tertiary/aromatic N) is 2. The van der Waals surface area contributed by atoms with Crippen molar-refractivity contribution in [1.82, 2.24) is 9.97 Å². The summed E-state index contributed by atoms with van der Waals surface area (Å²) in [4.78, 5) is 9.18. The summed E-state index contributed by atoms with van der Waals surface area (Å²) in [5.74, 6) is 0. The Balaban J connectivity index is 1.17. The molecule has 0 aliphatic heterocycles. The van der Waals surface area contributed by atoms with Crippen molar-refractivity contribution in [2.24, 2.45) is 0 Å². The first-order valence-electron chi connectivity index (χ1n) is 13.3. The number of aromatic nitrogens is 2. The van der Waals surface area contributed by atoms with Gasteiger partial charge in [0.1, 0.15) is 5.58 Å². The summed E-state index contributed by atoms with van der Waals surface area (Å²) in [5.41, 5.74) is 9.57. The zero-order valence-corrected chi connectivity index (χ0v) is 23.3. The molecule has 3 nitrogen and oxygen atoms in total. The minimum Gasteiger partial charge on any atom is -0.438 e. The van der Waals surface area contributed by atoms with Gasteiger partial charge in [-0.3, -0.25) is 4.98 Å². The van der Waals surface area contributed by atoms with E-state index in [2.05, 4.69) is 116 Å². The molecular weight excluding hydrogens is 492 g/mol. The Kier molecular flexibility index (Phi) is 5.46. The summed E-state index contributed by atoms with van der Waals surface area (Å²) in [6, 6.07) is 36.9. The molecule has 7 rings (SSSR count). The number of benzene rings is 4. The summed E-state index contributed by atoms with van der Waals surface area (Å²) in [6.07, 6.45) is 3.74. The minimum atomic E-state index is -1.30. The number of pyridine rings is 2. The van der Waals surface area contributed by atoms with Gasteiger partial charge in [0.25, 0.3) is 0 Å². The van der Waals surface area contributed by atoms with Gasteiger partial charge in [-0.2, -0.15) is 0 Å². The molecule has 4 aromatic carbocycles. The molecule has 0 unspecified atom stereocenters. The molecule has 7 aromatic rings. The van der Waals surface area contributed by atoms with Crippen LogP contribution in [-0.2, 0) is 0 Å². The van der Waals surface area contributed by atoms with E-state index in [-0.39, 0.29) is 0 Å². The average molecular weight is 521 g/mol. The molecule has 0 bridgehead atoms. The molecule has 0 saturated carbocycles. The predicted molar refractivity (Wildman–Crippen MR) is 166 cm³/mol. The summed E-state index contributed by atoms with van der Waals surface area (Å²) in [7, 11) is -1.30. The highest BCUT2D eigenvalue weighted by atomic mass is 28.3. The molecule has 0 atom stereocenters. The van der Waals surface area contributed by atoms with Crippen LogP contribution in [0.5, 0.6) is 0 Å². The lowest BCUT2D eigenvalue weighted by Crippen LogP contribution is -2.37. The van der Waals surface area contributed by atoms with Crippen molar-refractivity contribution in [2.45, 2.75) is 19.6 Å². The van der Waals surface area contributed by atoms with Crippen molar-refractivity contribution in [1.29, 1.82) is 0 Å². The molecule has 0 amide bonds. The second-order valence-corrected chi connectivity index (χ2v) is 16.3. The Hall–Kier alpha value is -4.54. The summed E-state index contributed by atoms with van der Waals surface area (Å²) < 4.78 is 5.89. The van der Waals surface area contributed by atoms with Crippen LogP contribution in [0.25, 0.3) is 66.4 Å². The molecule has 0 fully saturated rings. The highest BCUT2D eigenvalue weighted by Gasteiger charge is 2.16. The number of furan rings is 1. The van der Waals surface area contributed by atoms with Gasteiger partial charge >= 0.3 is 0 Å². The van der Waals surface area contributed by atoms with Gasteiger partial charge < -0.3 is 4.42 Å². The van der Waals surface area contributed by atoms with Crippen LogP contribution in [0, 0.1) is 0 Å². The van der Waals surface area contributed by atoms with E-state index in [1.807, 2.05) is 18.3 Å². The highest BCUT2D eigenvalue weighted by molar-refractivity contribution is 6.88. The first-order chi connectivity index (χ1) is 18.9. The third-order valence-corrected chi connectivity index (χ3v) is 9.63. The Bertz CT molecular complexity index is 1980. The lowest BCUT2D eigenvalue weighted by Gasteiger charge is -2.16. The fraction of sp³-hybridized carbons (Fsp3) is 0.0857. The Morgan fingerprint density at radius 1 is 0.564 bits per heavy atom. The predicted octanol–water partition coefficient (Wildman–Crippen LogP) is 9.08. The zero-order valence-electron chi connectivity index (χ0n) is 22.3. The second kappa shape index (κ2) is 9.04. The van der Waals surface area contributed by atoms with Gasteiger partial charge in [-0.25, -0.2) is 4.98 Å². The molecule has 0 N–H and O–H groups in total. The van der Waals surface area contributed by atoms with Crippen molar-refractivity contribution in [3.8, 4) is 33.4 Å². The summed E-state index contributed by atoms with van der Waals surface area (Å²) in [5, 5.41) is 4.75. The maximum absolute atomic E-state index is 5.89. The van der Waals surface area contributed by atoms with Crippen molar-refractivity contribution >= 4 is 46.2 Å². The van der Waals surface area contributed by atoms with Crippen molar-refractivity contribution in [3.05, 3.63) is 116 Å². The largest absolute Gasteiger partial charge is 0.438 e. The number of hydrogen-bond acceptors (Lipinski definition) is 3. The van der Waals surface area contributed by atoms with Gasteiger partial charge in [0.15, 0.2) is 0 Å². The van der Waals surface area contributed by atoms with E-state index in [0.29, 0.717) is 5.71 Å². The number of rotatable bonds is 4. The maximum Gasteiger partial charge on any atom is 0.227 e. The van der Waals surface area contributed by atoms with Gasteiger partial charge in [0, 0.05) is 34.1 Å². The van der Waals surface area contributed by atoms with Crippen LogP contribution < -0.4 is 5.19 Å². The van der Waals surface area contributed by atoms with Crippen LogP contribution in [-0.4, -0.2) is 18.0 Å².